The van der Waals surface area contributed by atoms with Gasteiger partial charge in [-0.25, -0.2) is 0 Å². The van der Waals surface area contributed by atoms with Crippen molar-refractivity contribution in [3.63, 3.8) is 0 Å². The molecule has 2 heteroatoms. The first-order valence-electron chi connectivity index (χ1n) is 4.46. The van der Waals surface area contributed by atoms with Crippen LogP contribution in [0.15, 0.2) is 0 Å². The van der Waals surface area contributed by atoms with Gasteiger partial charge in [-0.3, -0.25) is 4.79 Å². The van der Waals surface area contributed by atoms with E-state index in [9.17, 15) is 4.79 Å². The first-order chi connectivity index (χ1) is 5.29. The van der Waals surface area contributed by atoms with Crippen LogP contribution in [0.25, 0.3) is 0 Å². The zero-order valence-electron chi connectivity index (χ0n) is 7.30. The summed E-state index contributed by atoms with van der Waals surface area (Å²) >= 11 is 0. The van der Waals surface area contributed by atoms with E-state index in [0.29, 0.717) is 12.5 Å². The number of cyclic esters (lactones) is 1. The number of ether oxygens (including phenoxy) is 1. The van der Waals surface area contributed by atoms with Crippen LogP contribution in [0.3, 0.4) is 0 Å². The average molecular weight is 156 g/mol. The maximum Gasteiger partial charge on any atom is 0.309 e. The standard InChI is InChI=1S/C9H16O2/c1-3-5-8-7(4-2)6-11-9(8)10/h7-8H,3-6H2,1-2H3/t7-,8-/m1/s1. The van der Waals surface area contributed by atoms with E-state index in [1.807, 2.05) is 0 Å². The Bertz CT molecular complexity index is 142. The minimum Gasteiger partial charge on any atom is -0.465 e. The molecule has 1 fully saturated rings. The molecule has 0 amide bonds. The van der Waals surface area contributed by atoms with Crippen molar-refractivity contribution < 1.29 is 9.53 Å². The Morgan fingerprint density at radius 3 is 2.82 bits per heavy atom. The van der Waals surface area contributed by atoms with Crippen molar-refractivity contribution in [2.24, 2.45) is 11.8 Å². The van der Waals surface area contributed by atoms with Crippen molar-refractivity contribution in [2.45, 2.75) is 33.1 Å². The van der Waals surface area contributed by atoms with E-state index < -0.39 is 0 Å². The zero-order valence-corrected chi connectivity index (χ0v) is 7.30. The van der Waals surface area contributed by atoms with Crippen LogP contribution in [0.5, 0.6) is 0 Å². The number of hydrogen-bond donors (Lipinski definition) is 0. The molecule has 0 aromatic rings. The summed E-state index contributed by atoms with van der Waals surface area (Å²) in [6.07, 6.45) is 3.14. The lowest BCUT2D eigenvalue weighted by Gasteiger charge is -2.10. The van der Waals surface area contributed by atoms with Crippen LogP contribution >= 0.6 is 0 Å². The highest BCUT2D eigenvalue weighted by molar-refractivity contribution is 5.74. The molecule has 0 aromatic carbocycles. The van der Waals surface area contributed by atoms with Gasteiger partial charge in [0, 0.05) is 5.92 Å². The average Bonchev–Trinajstić information content (AvgIpc) is 2.34. The summed E-state index contributed by atoms with van der Waals surface area (Å²) in [4.78, 5) is 11.1. The molecule has 0 N–H and O–H groups in total. The Morgan fingerprint density at radius 2 is 2.27 bits per heavy atom. The lowest BCUT2D eigenvalue weighted by Crippen LogP contribution is -2.14. The van der Waals surface area contributed by atoms with Gasteiger partial charge in [0.15, 0.2) is 0 Å². The molecule has 0 bridgehead atoms. The number of carbonyl (C=O) groups excluding carboxylic acids is 1. The van der Waals surface area contributed by atoms with Crippen LogP contribution in [0.4, 0.5) is 0 Å². The summed E-state index contributed by atoms with van der Waals surface area (Å²) in [6.45, 7) is 4.88. The fourth-order valence-corrected chi connectivity index (χ4v) is 1.67. The Labute approximate surface area is 67.9 Å². The number of hydrogen-bond acceptors (Lipinski definition) is 2. The molecule has 0 saturated carbocycles. The number of rotatable bonds is 3. The molecule has 1 rings (SSSR count). The highest BCUT2D eigenvalue weighted by Gasteiger charge is 2.34. The van der Waals surface area contributed by atoms with Crippen LogP contribution in [-0.2, 0) is 9.53 Å². The SMILES string of the molecule is CCC[C@H]1C(=O)OC[C@H]1CC. The molecule has 1 saturated heterocycles. The monoisotopic (exact) mass is 156 g/mol. The molecule has 64 valence electrons. The quantitative estimate of drug-likeness (QED) is 0.584. The van der Waals surface area contributed by atoms with Gasteiger partial charge in [0.25, 0.3) is 0 Å². The van der Waals surface area contributed by atoms with Crippen molar-refractivity contribution >= 4 is 5.97 Å². The molecule has 1 aliphatic rings. The second-order valence-corrected chi connectivity index (χ2v) is 3.19. The third-order valence-corrected chi connectivity index (χ3v) is 2.44. The zero-order chi connectivity index (χ0) is 8.27. The van der Waals surface area contributed by atoms with Crippen LogP contribution in [0, 0.1) is 11.8 Å². The molecule has 0 aromatic heterocycles. The minimum atomic E-state index is 0.0266. The van der Waals surface area contributed by atoms with E-state index in [0.717, 1.165) is 19.3 Å². The molecule has 11 heavy (non-hydrogen) atoms. The summed E-state index contributed by atoms with van der Waals surface area (Å²) < 4.78 is 4.98. The third kappa shape index (κ3) is 1.73. The van der Waals surface area contributed by atoms with Crippen molar-refractivity contribution in [2.75, 3.05) is 6.61 Å². The van der Waals surface area contributed by atoms with E-state index in [1.54, 1.807) is 0 Å². The third-order valence-electron chi connectivity index (χ3n) is 2.44. The van der Waals surface area contributed by atoms with Crippen LogP contribution in [0.2, 0.25) is 0 Å². The van der Waals surface area contributed by atoms with Crippen molar-refractivity contribution in [1.82, 2.24) is 0 Å². The van der Waals surface area contributed by atoms with E-state index in [4.69, 9.17) is 4.74 Å². The van der Waals surface area contributed by atoms with Crippen molar-refractivity contribution in [3.8, 4) is 0 Å². The molecular weight excluding hydrogens is 140 g/mol. The van der Waals surface area contributed by atoms with E-state index in [1.165, 1.54) is 0 Å². The van der Waals surface area contributed by atoms with E-state index >= 15 is 0 Å². The normalized spacial score (nSPS) is 30.5. The first-order valence-corrected chi connectivity index (χ1v) is 4.46. The van der Waals surface area contributed by atoms with Gasteiger partial charge in [0.1, 0.15) is 0 Å². The van der Waals surface area contributed by atoms with Gasteiger partial charge >= 0.3 is 5.97 Å². The van der Waals surface area contributed by atoms with Crippen molar-refractivity contribution in [1.29, 1.82) is 0 Å². The highest BCUT2D eigenvalue weighted by atomic mass is 16.5. The molecule has 1 heterocycles. The second kappa shape index (κ2) is 3.74. The Kier molecular flexibility index (Phi) is 2.92. The Morgan fingerprint density at radius 1 is 1.55 bits per heavy atom. The van der Waals surface area contributed by atoms with Crippen LogP contribution < -0.4 is 0 Å². The molecule has 1 aliphatic heterocycles. The number of carbonyl (C=O) groups is 1. The second-order valence-electron chi connectivity index (χ2n) is 3.19. The fourth-order valence-electron chi connectivity index (χ4n) is 1.67. The first kappa shape index (κ1) is 8.57. The fraction of sp³-hybridized carbons (Fsp3) is 0.889. The molecule has 0 aliphatic carbocycles. The predicted octanol–water partition coefficient (Wildman–Crippen LogP) is 1.99. The predicted molar refractivity (Wildman–Crippen MR) is 43.1 cm³/mol. The number of esters is 1. The summed E-state index contributed by atoms with van der Waals surface area (Å²) in [5.74, 6) is 0.714. The van der Waals surface area contributed by atoms with Gasteiger partial charge in [-0.1, -0.05) is 20.3 Å². The van der Waals surface area contributed by atoms with Gasteiger partial charge in [-0.15, -0.1) is 0 Å². The maximum atomic E-state index is 11.1. The summed E-state index contributed by atoms with van der Waals surface area (Å²) in [5.41, 5.74) is 0. The van der Waals surface area contributed by atoms with Crippen molar-refractivity contribution in [3.05, 3.63) is 0 Å². The largest absolute Gasteiger partial charge is 0.465 e. The molecule has 0 spiro atoms. The summed E-state index contributed by atoms with van der Waals surface area (Å²) in [6, 6.07) is 0. The highest BCUT2D eigenvalue weighted by Crippen LogP contribution is 2.28. The van der Waals surface area contributed by atoms with Gasteiger partial charge in [-0.2, -0.15) is 0 Å². The lowest BCUT2D eigenvalue weighted by atomic mass is 9.89. The van der Waals surface area contributed by atoms with E-state index in [2.05, 4.69) is 13.8 Å². The molecule has 2 nitrogen and oxygen atoms in total. The van der Waals surface area contributed by atoms with Crippen LogP contribution in [-0.4, -0.2) is 12.6 Å². The maximum absolute atomic E-state index is 11.1. The van der Waals surface area contributed by atoms with Gasteiger partial charge in [-0.05, 0) is 12.8 Å². The summed E-state index contributed by atoms with van der Waals surface area (Å²) in [5, 5.41) is 0. The Balaban J connectivity index is 2.49. The smallest absolute Gasteiger partial charge is 0.309 e. The topological polar surface area (TPSA) is 26.3 Å². The minimum absolute atomic E-state index is 0.0266. The molecular formula is C9H16O2. The van der Waals surface area contributed by atoms with Gasteiger partial charge in [0.2, 0.25) is 0 Å². The molecule has 0 unspecified atom stereocenters. The lowest BCUT2D eigenvalue weighted by molar-refractivity contribution is -0.141. The van der Waals surface area contributed by atoms with Gasteiger partial charge < -0.3 is 4.74 Å². The van der Waals surface area contributed by atoms with Crippen LogP contribution in [0.1, 0.15) is 33.1 Å². The molecule has 0 radical (unpaired) electrons. The summed E-state index contributed by atoms with van der Waals surface area (Å²) in [7, 11) is 0. The Hall–Kier alpha value is -0.530. The van der Waals surface area contributed by atoms with E-state index in [-0.39, 0.29) is 11.9 Å². The molecule has 2 atom stereocenters. The van der Waals surface area contributed by atoms with Gasteiger partial charge in [0.05, 0.1) is 12.5 Å².